The van der Waals surface area contributed by atoms with Gasteiger partial charge in [0.25, 0.3) is 0 Å². The van der Waals surface area contributed by atoms with Gasteiger partial charge in [-0.15, -0.1) is 0 Å². The number of hydrogen-bond acceptors (Lipinski definition) is 2. The van der Waals surface area contributed by atoms with Crippen LogP contribution in [-0.2, 0) is 0 Å². The van der Waals surface area contributed by atoms with E-state index in [1.54, 1.807) is 0 Å². The first-order chi connectivity index (χ1) is 7.15. The Balaban J connectivity index is 2.20. The minimum Gasteiger partial charge on any atom is -0.226 e. The molecule has 0 saturated heterocycles. The molecule has 0 radical (unpaired) electrons. The molecule has 1 fully saturated rings. The van der Waals surface area contributed by atoms with Crippen LogP contribution in [-0.4, -0.2) is 9.97 Å². The van der Waals surface area contributed by atoms with E-state index in [9.17, 15) is 0 Å². The Bertz CT molecular complexity index is 334. The van der Waals surface area contributed by atoms with Crippen molar-refractivity contribution >= 4 is 31.9 Å². The van der Waals surface area contributed by atoms with Crippen molar-refractivity contribution in [3.63, 3.8) is 0 Å². The molecule has 2 atom stereocenters. The van der Waals surface area contributed by atoms with E-state index < -0.39 is 0 Å². The van der Waals surface area contributed by atoms with Gasteiger partial charge < -0.3 is 0 Å². The topological polar surface area (TPSA) is 25.8 Å². The molecule has 15 heavy (non-hydrogen) atoms. The normalized spacial score (nSPS) is 26.6. The van der Waals surface area contributed by atoms with Crippen LogP contribution in [0.2, 0.25) is 0 Å². The fraction of sp³-hybridized carbons (Fsp3) is 0.636. The molecule has 4 heteroatoms. The summed E-state index contributed by atoms with van der Waals surface area (Å²) in [5, 5.41) is 0. The molecule has 0 aromatic carbocycles. The second-order valence-electron chi connectivity index (χ2n) is 4.34. The van der Waals surface area contributed by atoms with Gasteiger partial charge in [0.05, 0.1) is 0 Å². The maximum Gasteiger partial charge on any atom is 0.134 e. The van der Waals surface area contributed by atoms with Crippen molar-refractivity contribution in [2.75, 3.05) is 0 Å². The average Bonchev–Trinajstić information content (AvgIpc) is 2.16. The zero-order chi connectivity index (χ0) is 10.8. The molecule has 82 valence electrons. The van der Waals surface area contributed by atoms with E-state index in [1.165, 1.54) is 25.7 Å². The quantitative estimate of drug-likeness (QED) is 0.716. The van der Waals surface area contributed by atoms with Crippen molar-refractivity contribution in [1.82, 2.24) is 9.97 Å². The maximum absolute atomic E-state index is 4.47. The third-order valence-corrected chi connectivity index (χ3v) is 3.79. The van der Waals surface area contributed by atoms with E-state index in [4.69, 9.17) is 0 Å². The monoisotopic (exact) mass is 332 g/mol. The summed E-state index contributed by atoms with van der Waals surface area (Å²) >= 11 is 6.83. The minimum atomic E-state index is 0.544. The molecule has 2 unspecified atom stereocenters. The number of nitrogens with zero attached hydrogens (tertiary/aromatic N) is 2. The van der Waals surface area contributed by atoms with E-state index in [-0.39, 0.29) is 0 Å². The Morgan fingerprint density at radius 1 is 1.20 bits per heavy atom. The Kier molecular flexibility index (Phi) is 3.78. The highest BCUT2D eigenvalue weighted by molar-refractivity contribution is 9.11. The van der Waals surface area contributed by atoms with Crippen molar-refractivity contribution in [2.45, 2.75) is 38.5 Å². The summed E-state index contributed by atoms with van der Waals surface area (Å²) in [4.78, 5) is 8.94. The highest BCUT2D eigenvalue weighted by Crippen LogP contribution is 2.35. The standard InChI is InChI=1S/C11H14Br2N2/c1-7-3-2-4-8(5-7)11-14-9(12)6-10(13)15-11/h6-8H,2-5H2,1H3. The molecular weight excluding hydrogens is 320 g/mol. The maximum atomic E-state index is 4.47. The van der Waals surface area contributed by atoms with Crippen LogP contribution in [0.4, 0.5) is 0 Å². The van der Waals surface area contributed by atoms with Gasteiger partial charge in [-0.3, -0.25) is 0 Å². The van der Waals surface area contributed by atoms with Crippen molar-refractivity contribution in [3.05, 3.63) is 21.1 Å². The van der Waals surface area contributed by atoms with Crippen LogP contribution in [0.3, 0.4) is 0 Å². The average molecular weight is 334 g/mol. The molecule has 1 aromatic rings. The smallest absolute Gasteiger partial charge is 0.134 e. The number of aromatic nitrogens is 2. The fourth-order valence-corrected chi connectivity index (χ4v) is 3.36. The lowest BCUT2D eigenvalue weighted by atomic mass is 9.82. The van der Waals surface area contributed by atoms with Gasteiger partial charge in [-0.25, -0.2) is 9.97 Å². The first-order valence-corrected chi connectivity index (χ1v) is 6.93. The number of halogens is 2. The van der Waals surface area contributed by atoms with Gasteiger partial charge in [0, 0.05) is 12.0 Å². The van der Waals surface area contributed by atoms with Crippen molar-refractivity contribution in [3.8, 4) is 0 Å². The van der Waals surface area contributed by atoms with Crippen LogP contribution in [0.5, 0.6) is 0 Å². The Morgan fingerprint density at radius 3 is 2.47 bits per heavy atom. The van der Waals surface area contributed by atoms with Crippen LogP contribution < -0.4 is 0 Å². The van der Waals surface area contributed by atoms with Crippen LogP contribution >= 0.6 is 31.9 Å². The first kappa shape index (κ1) is 11.5. The van der Waals surface area contributed by atoms with Gasteiger partial charge in [0.1, 0.15) is 15.0 Å². The van der Waals surface area contributed by atoms with E-state index in [2.05, 4.69) is 48.8 Å². The summed E-state index contributed by atoms with van der Waals surface area (Å²) in [7, 11) is 0. The molecule has 0 spiro atoms. The van der Waals surface area contributed by atoms with Crippen molar-refractivity contribution in [2.24, 2.45) is 5.92 Å². The van der Waals surface area contributed by atoms with Crippen molar-refractivity contribution < 1.29 is 0 Å². The summed E-state index contributed by atoms with van der Waals surface area (Å²) in [6.07, 6.45) is 5.11. The molecule has 0 N–H and O–H groups in total. The zero-order valence-electron chi connectivity index (χ0n) is 8.71. The third kappa shape index (κ3) is 3.00. The Morgan fingerprint density at radius 2 is 1.87 bits per heavy atom. The SMILES string of the molecule is CC1CCCC(c2nc(Br)cc(Br)n2)C1. The molecule has 1 aromatic heterocycles. The van der Waals surface area contributed by atoms with E-state index in [0.717, 1.165) is 20.9 Å². The molecule has 1 saturated carbocycles. The van der Waals surface area contributed by atoms with Gasteiger partial charge >= 0.3 is 0 Å². The van der Waals surface area contributed by atoms with Crippen LogP contribution in [0.15, 0.2) is 15.3 Å². The van der Waals surface area contributed by atoms with Crippen LogP contribution in [0.25, 0.3) is 0 Å². The van der Waals surface area contributed by atoms with Gasteiger partial charge in [0.15, 0.2) is 0 Å². The molecule has 2 nitrogen and oxygen atoms in total. The predicted molar refractivity (Wildman–Crippen MR) is 67.8 cm³/mol. The van der Waals surface area contributed by atoms with Gasteiger partial charge in [-0.1, -0.05) is 19.8 Å². The summed E-state index contributed by atoms with van der Waals surface area (Å²) in [5.41, 5.74) is 0. The predicted octanol–water partition coefficient (Wildman–Crippen LogP) is 4.30. The van der Waals surface area contributed by atoms with Gasteiger partial charge in [0.2, 0.25) is 0 Å². The molecule has 1 aliphatic carbocycles. The number of hydrogen-bond donors (Lipinski definition) is 0. The largest absolute Gasteiger partial charge is 0.226 e. The zero-order valence-corrected chi connectivity index (χ0v) is 11.9. The minimum absolute atomic E-state index is 0.544. The highest BCUT2D eigenvalue weighted by atomic mass is 79.9. The Labute approximate surface area is 107 Å². The molecular formula is C11H14Br2N2. The van der Waals surface area contributed by atoms with Gasteiger partial charge in [-0.2, -0.15) is 0 Å². The molecule has 0 aliphatic heterocycles. The van der Waals surface area contributed by atoms with Gasteiger partial charge in [-0.05, 0) is 50.6 Å². The molecule has 2 rings (SSSR count). The second kappa shape index (κ2) is 4.91. The van der Waals surface area contributed by atoms with E-state index in [0.29, 0.717) is 5.92 Å². The molecule has 1 aliphatic rings. The summed E-state index contributed by atoms with van der Waals surface area (Å²) in [6, 6.07) is 1.88. The van der Waals surface area contributed by atoms with Crippen LogP contribution in [0, 0.1) is 5.92 Å². The van der Waals surface area contributed by atoms with Crippen molar-refractivity contribution in [1.29, 1.82) is 0 Å². The highest BCUT2D eigenvalue weighted by Gasteiger charge is 2.22. The first-order valence-electron chi connectivity index (χ1n) is 5.35. The lowest BCUT2D eigenvalue weighted by Gasteiger charge is -2.25. The lowest BCUT2D eigenvalue weighted by Crippen LogP contribution is -2.14. The summed E-state index contributed by atoms with van der Waals surface area (Å²) < 4.78 is 1.75. The lowest BCUT2D eigenvalue weighted by molar-refractivity contribution is 0.334. The van der Waals surface area contributed by atoms with Crippen LogP contribution in [0.1, 0.15) is 44.3 Å². The summed E-state index contributed by atoms with van der Waals surface area (Å²) in [5.74, 6) is 2.34. The second-order valence-corrected chi connectivity index (χ2v) is 5.97. The third-order valence-electron chi connectivity index (χ3n) is 2.98. The fourth-order valence-electron chi connectivity index (χ4n) is 2.26. The van der Waals surface area contributed by atoms with E-state index >= 15 is 0 Å². The molecule has 1 heterocycles. The Hall–Kier alpha value is 0.0400. The molecule has 0 bridgehead atoms. The summed E-state index contributed by atoms with van der Waals surface area (Å²) in [6.45, 7) is 2.32. The molecule has 0 amide bonds. The number of rotatable bonds is 1. The van der Waals surface area contributed by atoms with E-state index in [1.807, 2.05) is 6.07 Å².